The number of hydrogen-bond donors (Lipinski definition) is 1. The molecule has 3 nitrogen and oxygen atoms in total. The van der Waals surface area contributed by atoms with E-state index < -0.39 is 0 Å². The van der Waals surface area contributed by atoms with Gasteiger partial charge in [0.25, 0.3) is 0 Å². The molecule has 96 valence electrons. The predicted octanol–water partition coefficient (Wildman–Crippen LogP) is 2.08. The molecule has 0 unspecified atom stereocenters. The van der Waals surface area contributed by atoms with Gasteiger partial charge < -0.3 is 10.1 Å². The molecule has 1 N–H and O–H groups in total. The maximum absolute atomic E-state index is 9.04. The van der Waals surface area contributed by atoms with Crippen LogP contribution in [0.5, 0.6) is 0 Å². The SMILES string of the molecule is CSc1ccc(CCNCC2(C#N)COC2)cc1. The van der Waals surface area contributed by atoms with Crippen molar-refractivity contribution in [2.45, 2.75) is 11.3 Å². The zero-order chi connectivity index (χ0) is 12.8. The second-order valence-corrected chi connectivity index (χ2v) is 5.54. The van der Waals surface area contributed by atoms with Gasteiger partial charge in [-0.25, -0.2) is 0 Å². The summed E-state index contributed by atoms with van der Waals surface area (Å²) < 4.78 is 5.11. The van der Waals surface area contributed by atoms with Crippen molar-refractivity contribution in [3.8, 4) is 6.07 Å². The van der Waals surface area contributed by atoms with Gasteiger partial charge in [-0.1, -0.05) is 12.1 Å². The van der Waals surface area contributed by atoms with Crippen LogP contribution in [0.15, 0.2) is 29.2 Å². The molecule has 1 aromatic rings. The average molecular weight is 262 g/mol. The molecule has 4 heteroatoms. The van der Waals surface area contributed by atoms with Gasteiger partial charge in [-0.3, -0.25) is 0 Å². The van der Waals surface area contributed by atoms with Crippen LogP contribution in [-0.2, 0) is 11.2 Å². The first-order valence-corrected chi connectivity index (χ1v) is 7.33. The van der Waals surface area contributed by atoms with Crippen molar-refractivity contribution < 1.29 is 4.74 Å². The highest BCUT2D eigenvalue weighted by Gasteiger charge is 2.38. The lowest BCUT2D eigenvalue weighted by Crippen LogP contribution is -2.48. The van der Waals surface area contributed by atoms with Crippen LogP contribution < -0.4 is 5.32 Å². The highest BCUT2D eigenvalue weighted by Crippen LogP contribution is 2.25. The van der Waals surface area contributed by atoms with Crippen molar-refractivity contribution in [2.75, 3.05) is 32.6 Å². The minimum Gasteiger partial charge on any atom is -0.378 e. The van der Waals surface area contributed by atoms with Crippen molar-refractivity contribution in [3.05, 3.63) is 29.8 Å². The van der Waals surface area contributed by atoms with E-state index in [1.54, 1.807) is 11.8 Å². The Morgan fingerprint density at radius 3 is 2.61 bits per heavy atom. The standard InChI is InChI=1S/C14H18N2OS/c1-18-13-4-2-12(3-5-13)6-7-16-9-14(8-15)10-17-11-14/h2-5,16H,6-7,9-11H2,1H3. The molecular weight excluding hydrogens is 244 g/mol. The van der Waals surface area contributed by atoms with Gasteiger partial charge in [0.05, 0.1) is 19.3 Å². The molecule has 0 aliphatic carbocycles. The minimum absolute atomic E-state index is 0.275. The molecule has 1 aliphatic rings. The van der Waals surface area contributed by atoms with E-state index in [9.17, 15) is 0 Å². The summed E-state index contributed by atoms with van der Waals surface area (Å²) >= 11 is 1.76. The molecule has 1 aromatic carbocycles. The zero-order valence-electron chi connectivity index (χ0n) is 10.6. The van der Waals surface area contributed by atoms with Gasteiger partial charge in [-0.05, 0) is 36.9 Å². The van der Waals surface area contributed by atoms with Crippen LogP contribution in [0, 0.1) is 16.7 Å². The van der Waals surface area contributed by atoms with Gasteiger partial charge in [-0.2, -0.15) is 5.26 Å². The van der Waals surface area contributed by atoms with E-state index in [-0.39, 0.29) is 5.41 Å². The van der Waals surface area contributed by atoms with Crippen molar-refractivity contribution in [3.63, 3.8) is 0 Å². The second-order valence-electron chi connectivity index (χ2n) is 4.66. The normalized spacial score (nSPS) is 16.9. The molecule has 0 saturated carbocycles. The Morgan fingerprint density at radius 1 is 1.39 bits per heavy atom. The van der Waals surface area contributed by atoms with Crippen LogP contribution in [0.1, 0.15) is 5.56 Å². The van der Waals surface area contributed by atoms with Crippen LogP contribution in [-0.4, -0.2) is 32.6 Å². The van der Waals surface area contributed by atoms with Gasteiger partial charge in [0, 0.05) is 11.4 Å². The molecule has 0 aromatic heterocycles. The molecule has 2 rings (SSSR count). The summed E-state index contributed by atoms with van der Waals surface area (Å²) in [6.07, 6.45) is 3.08. The number of rotatable bonds is 6. The van der Waals surface area contributed by atoms with Crippen LogP contribution in [0.2, 0.25) is 0 Å². The van der Waals surface area contributed by atoms with Crippen molar-refractivity contribution >= 4 is 11.8 Å². The summed E-state index contributed by atoms with van der Waals surface area (Å²) in [7, 11) is 0. The number of ether oxygens (including phenoxy) is 1. The molecule has 0 amide bonds. The van der Waals surface area contributed by atoms with Crippen LogP contribution in [0.3, 0.4) is 0 Å². The zero-order valence-corrected chi connectivity index (χ0v) is 11.4. The Bertz CT molecular complexity index is 420. The summed E-state index contributed by atoms with van der Waals surface area (Å²) in [5.74, 6) is 0. The largest absolute Gasteiger partial charge is 0.378 e. The first kappa shape index (κ1) is 13.4. The molecule has 1 aliphatic heterocycles. The van der Waals surface area contributed by atoms with Gasteiger partial charge in [0.15, 0.2) is 0 Å². The molecule has 0 radical (unpaired) electrons. The molecule has 1 heterocycles. The first-order valence-electron chi connectivity index (χ1n) is 6.11. The summed E-state index contributed by atoms with van der Waals surface area (Å²) in [4.78, 5) is 1.29. The Labute approximate surface area is 113 Å². The topological polar surface area (TPSA) is 45.0 Å². The monoisotopic (exact) mass is 262 g/mol. The van der Waals surface area contributed by atoms with Crippen LogP contribution in [0.25, 0.3) is 0 Å². The lowest BCUT2D eigenvalue weighted by Gasteiger charge is -2.35. The number of hydrogen-bond acceptors (Lipinski definition) is 4. The van der Waals surface area contributed by atoms with Gasteiger partial charge >= 0.3 is 0 Å². The molecule has 0 bridgehead atoms. The fourth-order valence-electron chi connectivity index (χ4n) is 1.91. The Hall–Kier alpha value is -1.02. The van der Waals surface area contributed by atoms with Crippen molar-refractivity contribution in [1.29, 1.82) is 5.26 Å². The smallest absolute Gasteiger partial charge is 0.116 e. The molecule has 1 saturated heterocycles. The highest BCUT2D eigenvalue weighted by atomic mass is 32.2. The van der Waals surface area contributed by atoms with Crippen molar-refractivity contribution in [2.24, 2.45) is 5.41 Å². The average Bonchev–Trinajstić information content (AvgIpc) is 2.38. The molecule has 0 atom stereocenters. The number of nitrogens with zero attached hydrogens (tertiary/aromatic N) is 1. The van der Waals surface area contributed by atoms with Gasteiger partial charge in [0.1, 0.15) is 5.41 Å². The lowest BCUT2D eigenvalue weighted by atomic mass is 9.88. The fraction of sp³-hybridized carbons (Fsp3) is 0.500. The van der Waals surface area contributed by atoms with E-state index in [2.05, 4.69) is 41.9 Å². The number of nitriles is 1. The molecule has 18 heavy (non-hydrogen) atoms. The minimum atomic E-state index is -0.275. The van der Waals surface area contributed by atoms with E-state index in [4.69, 9.17) is 10.00 Å². The van der Waals surface area contributed by atoms with Crippen molar-refractivity contribution in [1.82, 2.24) is 5.32 Å². The van der Waals surface area contributed by atoms with E-state index in [0.717, 1.165) is 19.5 Å². The maximum atomic E-state index is 9.04. The number of thioether (sulfide) groups is 1. The Kier molecular flexibility index (Phi) is 4.65. The van der Waals surface area contributed by atoms with E-state index in [1.165, 1.54) is 10.5 Å². The van der Waals surface area contributed by atoms with E-state index in [0.29, 0.717) is 13.2 Å². The van der Waals surface area contributed by atoms with Crippen LogP contribution in [0.4, 0.5) is 0 Å². The third-order valence-corrected chi connectivity index (χ3v) is 3.95. The Morgan fingerprint density at radius 2 is 2.11 bits per heavy atom. The summed E-state index contributed by atoms with van der Waals surface area (Å²) in [6.45, 7) is 2.77. The Balaban J connectivity index is 1.70. The lowest BCUT2D eigenvalue weighted by molar-refractivity contribution is -0.0752. The molecule has 1 fully saturated rings. The maximum Gasteiger partial charge on any atom is 0.116 e. The fourth-order valence-corrected chi connectivity index (χ4v) is 2.32. The second kappa shape index (κ2) is 6.24. The predicted molar refractivity (Wildman–Crippen MR) is 73.7 cm³/mol. The highest BCUT2D eigenvalue weighted by molar-refractivity contribution is 7.98. The summed E-state index contributed by atoms with van der Waals surface area (Å²) in [6, 6.07) is 11.0. The van der Waals surface area contributed by atoms with Gasteiger partial charge in [-0.15, -0.1) is 11.8 Å². The third-order valence-electron chi connectivity index (χ3n) is 3.21. The van der Waals surface area contributed by atoms with Gasteiger partial charge in [0.2, 0.25) is 0 Å². The summed E-state index contributed by atoms with van der Waals surface area (Å²) in [5, 5.41) is 12.4. The number of benzene rings is 1. The molecular formula is C14H18N2OS. The van der Waals surface area contributed by atoms with E-state index >= 15 is 0 Å². The quantitative estimate of drug-likeness (QED) is 0.630. The number of nitrogens with one attached hydrogen (secondary N) is 1. The summed E-state index contributed by atoms with van der Waals surface area (Å²) in [5.41, 5.74) is 1.05. The third kappa shape index (κ3) is 3.26. The van der Waals surface area contributed by atoms with E-state index in [1.807, 2.05) is 0 Å². The van der Waals surface area contributed by atoms with Crippen LogP contribution >= 0.6 is 11.8 Å². The molecule has 0 spiro atoms. The first-order chi connectivity index (χ1) is 8.78.